The van der Waals surface area contributed by atoms with E-state index in [-0.39, 0.29) is 65.7 Å². The molecule has 0 heterocycles. The van der Waals surface area contributed by atoms with Crippen LogP contribution in [-0.4, -0.2) is 22.2 Å². The van der Waals surface area contributed by atoms with Gasteiger partial charge in [-0.05, 0) is 12.8 Å². The van der Waals surface area contributed by atoms with Gasteiger partial charge in [0.15, 0.2) is 0 Å². The molecule has 0 atom stereocenters. The number of carboxylic acid groups (broad SMARTS) is 2. The quantitative estimate of drug-likeness (QED) is 0.404. The van der Waals surface area contributed by atoms with Crippen LogP contribution in [0.25, 0.3) is 0 Å². The molecule has 0 amide bonds. The molecule has 0 unspecified atom stereocenters. The first-order valence-corrected chi connectivity index (χ1v) is 4.06. The van der Waals surface area contributed by atoms with E-state index < -0.39 is 11.9 Å². The fraction of sp³-hybridized carbons (Fsp3) is 0.750. The Morgan fingerprint density at radius 2 is 1.15 bits per heavy atom. The number of hydrogen-bond acceptors (Lipinski definition) is 2. The van der Waals surface area contributed by atoms with E-state index in [9.17, 15) is 9.59 Å². The molecule has 0 bridgehead atoms. The van der Waals surface area contributed by atoms with Crippen molar-refractivity contribution in [3.05, 3.63) is 0 Å². The van der Waals surface area contributed by atoms with Crippen molar-refractivity contribution in [2.24, 2.45) is 0 Å². The summed E-state index contributed by atoms with van der Waals surface area (Å²) in [5.41, 5.74) is 0. The van der Waals surface area contributed by atoms with E-state index in [2.05, 4.69) is 0 Å². The minimum absolute atomic E-state index is 0. The second-order valence-corrected chi connectivity index (χ2v) is 2.70. The molecule has 72 valence electrons. The molecule has 0 spiro atoms. The van der Waals surface area contributed by atoms with Crippen molar-refractivity contribution in [2.45, 2.75) is 38.5 Å². The van der Waals surface area contributed by atoms with Crippen molar-refractivity contribution in [1.82, 2.24) is 0 Å². The van der Waals surface area contributed by atoms with Crippen molar-refractivity contribution >= 4 is 11.9 Å². The maximum Gasteiger partial charge on any atom is 1.00 e. The molecule has 0 aliphatic rings. The summed E-state index contributed by atoms with van der Waals surface area (Å²) >= 11 is 0. The van der Waals surface area contributed by atoms with Crippen molar-refractivity contribution in [1.29, 1.82) is 0 Å². The monoisotopic (exact) mass is 214 g/mol. The zero-order valence-corrected chi connectivity index (χ0v) is 11.1. The smallest absolute Gasteiger partial charge is 1.00 e. The van der Waals surface area contributed by atoms with Crippen molar-refractivity contribution in [3.63, 3.8) is 0 Å². The number of rotatable bonds is 7. The Hall–Kier alpha value is 0.576. The van der Waals surface area contributed by atoms with Crippen LogP contribution in [0.1, 0.15) is 40.0 Å². The summed E-state index contributed by atoms with van der Waals surface area (Å²) < 4.78 is 0. The molecule has 0 saturated carbocycles. The predicted molar refractivity (Wildman–Crippen MR) is 44.1 cm³/mol. The zero-order chi connectivity index (χ0) is 9.40. The van der Waals surface area contributed by atoms with Crippen LogP contribution in [0, 0.1) is 0 Å². The van der Waals surface area contributed by atoms with Gasteiger partial charge in [0.25, 0.3) is 0 Å². The number of unbranched alkanes of at least 4 members (excludes halogenated alkanes) is 3. The van der Waals surface area contributed by atoms with Crippen LogP contribution in [0.2, 0.25) is 0 Å². The molecule has 0 rings (SSSR count). The van der Waals surface area contributed by atoms with Gasteiger partial charge in [0.1, 0.15) is 0 Å². The predicted octanol–water partition coefficient (Wildman–Crippen LogP) is -1.39. The van der Waals surface area contributed by atoms with E-state index in [0.717, 1.165) is 12.8 Å². The third-order valence-electron chi connectivity index (χ3n) is 1.53. The number of hydrogen-bond donors (Lipinski definition) is 2. The van der Waals surface area contributed by atoms with Crippen molar-refractivity contribution in [2.75, 3.05) is 0 Å². The molecule has 0 saturated heterocycles. The van der Waals surface area contributed by atoms with E-state index in [4.69, 9.17) is 10.2 Å². The summed E-state index contributed by atoms with van der Waals surface area (Å²) in [6.07, 6.45) is 3.28. The average molecular weight is 214 g/mol. The minimum atomic E-state index is -0.784. The SMILES string of the molecule is O=C(O)CCCCCCC(=O)O.[H-].[K+]. The molecule has 0 aromatic rings. The van der Waals surface area contributed by atoms with Crippen molar-refractivity contribution < 1.29 is 72.6 Å². The van der Waals surface area contributed by atoms with Crippen LogP contribution in [0.15, 0.2) is 0 Å². The topological polar surface area (TPSA) is 74.6 Å². The number of carboxylic acids is 2. The van der Waals surface area contributed by atoms with Crippen molar-refractivity contribution in [3.8, 4) is 0 Å². The molecule has 0 aliphatic carbocycles. The average Bonchev–Trinajstić information content (AvgIpc) is 1.95. The number of carbonyl (C=O) groups is 2. The summed E-state index contributed by atoms with van der Waals surface area (Å²) in [7, 11) is 0. The molecule has 0 aromatic carbocycles. The Morgan fingerprint density at radius 1 is 0.846 bits per heavy atom. The standard InChI is InChI=1S/C8H14O4.K.H/c9-7(10)5-3-1-2-4-6-8(11)12;;/h1-6H2,(H,9,10)(H,11,12);;/q;+1;-1. The second-order valence-electron chi connectivity index (χ2n) is 2.70. The third-order valence-corrected chi connectivity index (χ3v) is 1.53. The van der Waals surface area contributed by atoms with Gasteiger partial charge in [-0.25, -0.2) is 0 Å². The van der Waals surface area contributed by atoms with Gasteiger partial charge in [0, 0.05) is 12.8 Å². The fourth-order valence-electron chi connectivity index (χ4n) is 0.906. The van der Waals surface area contributed by atoms with Gasteiger partial charge in [-0.1, -0.05) is 12.8 Å². The van der Waals surface area contributed by atoms with Gasteiger partial charge in [-0.3, -0.25) is 9.59 Å². The number of aliphatic carboxylic acids is 2. The summed E-state index contributed by atoms with van der Waals surface area (Å²) in [4.78, 5) is 20.1. The van der Waals surface area contributed by atoms with E-state index >= 15 is 0 Å². The van der Waals surface area contributed by atoms with Gasteiger partial charge >= 0.3 is 63.3 Å². The normalized spacial score (nSPS) is 8.92. The van der Waals surface area contributed by atoms with Gasteiger partial charge in [0.2, 0.25) is 0 Å². The summed E-state index contributed by atoms with van der Waals surface area (Å²) in [5, 5.41) is 16.5. The van der Waals surface area contributed by atoms with Crippen LogP contribution in [0.5, 0.6) is 0 Å². The first kappa shape index (κ1) is 16.0. The summed E-state index contributed by atoms with van der Waals surface area (Å²) in [6, 6.07) is 0. The Labute approximate surface area is 122 Å². The molecule has 4 nitrogen and oxygen atoms in total. The van der Waals surface area contributed by atoms with Gasteiger partial charge in [-0.15, -0.1) is 0 Å². The van der Waals surface area contributed by atoms with Crippen LogP contribution >= 0.6 is 0 Å². The van der Waals surface area contributed by atoms with Crippen LogP contribution in [-0.2, 0) is 9.59 Å². The largest absolute Gasteiger partial charge is 1.00 e. The summed E-state index contributed by atoms with van der Waals surface area (Å²) in [6.45, 7) is 0. The van der Waals surface area contributed by atoms with Gasteiger partial charge < -0.3 is 11.6 Å². The van der Waals surface area contributed by atoms with E-state index in [1.54, 1.807) is 0 Å². The van der Waals surface area contributed by atoms with Crippen LogP contribution in [0.4, 0.5) is 0 Å². The molecule has 0 aromatic heterocycles. The molecule has 13 heavy (non-hydrogen) atoms. The Kier molecular flexibility index (Phi) is 13.1. The Morgan fingerprint density at radius 3 is 1.38 bits per heavy atom. The van der Waals surface area contributed by atoms with E-state index in [1.165, 1.54) is 0 Å². The van der Waals surface area contributed by atoms with Crippen LogP contribution in [0.3, 0.4) is 0 Å². The van der Waals surface area contributed by atoms with Gasteiger partial charge in [-0.2, -0.15) is 0 Å². The maximum absolute atomic E-state index is 10.0. The first-order chi connectivity index (χ1) is 5.63. The molecule has 0 fully saturated rings. The first-order valence-electron chi connectivity index (χ1n) is 4.06. The maximum atomic E-state index is 10.0. The second kappa shape index (κ2) is 10.7. The Balaban J connectivity index is -0.000000605. The molecule has 0 radical (unpaired) electrons. The summed E-state index contributed by atoms with van der Waals surface area (Å²) in [5.74, 6) is -1.57. The molecular formula is C8H15KO4. The van der Waals surface area contributed by atoms with E-state index in [1.807, 2.05) is 0 Å². The Bertz CT molecular complexity index is 145. The molecular weight excluding hydrogens is 199 g/mol. The van der Waals surface area contributed by atoms with E-state index in [0.29, 0.717) is 12.8 Å². The molecule has 2 N–H and O–H groups in total. The molecule has 0 aliphatic heterocycles. The fourth-order valence-corrected chi connectivity index (χ4v) is 0.906. The zero-order valence-electron chi connectivity index (χ0n) is 8.95. The third kappa shape index (κ3) is 15.3. The minimum Gasteiger partial charge on any atom is -1.00 e. The molecule has 5 heteroatoms. The van der Waals surface area contributed by atoms with Gasteiger partial charge in [0.05, 0.1) is 0 Å². The van der Waals surface area contributed by atoms with Crippen LogP contribution < -0.4 is 51.4 Å².